The minimum atomic E-state index is -1.56. The van der Waals surface area contributed by atoms with Crippen LogP contribution in [0.25, 0.3) is 0 Å². The number of carbonyl (C=O) groups is 2. The van der Waals surface area contributed by atoms with E-state index in [1.165, 1.54) is 6.07 Å². The van der Waals surface area contributed by atoms with E-state index in [1.807, 2.05) is 0 Å². The third-order valence-corrected chi connectivity index (χ3v) is 8.94. The number of carboxylic acids is 2. The standard InChI is InChI=1S/C19H22ClFO4S2/c1-18(16(22)23)4-2-5-19(10-18,17(24)25)12-8-11(13(20)9-14(12)21)15-26-6-3-7-27-15/h8-9,15H,2-7,10H2,1H3,(H,22,23)(H,24,25). The van der Waals surface area contributed by atoms with E-state index in [0.29, 0.717) is 17.9 Å². The molecule has 1 saturated carbocycles. The lowest BCUT2D eigenvalue weighted by atomic mass is 9.60. The third kappa shape index (κ3) is 3.83. The van der Waals surface area contributed by atoms with E-state index in [1.54, 1.807) is 36.5 Å². The van der Waals surface area contributed by atoms with Crippen LogP contribution in [0.1, 0.15) is 54.7 Å². The van der Waals surface area contributed by atoms with Crippen molar-refractivity contribution >= 4 is 47.1 Å². The molecule has 0 amide bonds. The van der Waals surface area contributed by atoms with Gasteiger partial charge in [-0.15, -0.1) is 23.5 Å². The molecule has 2 aliphatic rings. The van der Waals surface area contributed by atoms with Crippen LogP contribution in [0.2, 0.25) is 5.02 Å². The number of aliphatic carboxylic acids is 2. The predicted molar refractivity (Wildman–Crippen MR) is 107 cm³/mol. The molecule has 8 heteroatoms. The van der Waals surface area contributed by atoms with Gasteiger partial charge in [-0.1, -0.05) is 18.0 Å². The van der Waals surface area contributed by atoms with Gasteiger partial charge in [-0.25, -0.2) is 4.39 Å². The first kappa shape index (κ1) is 20.8. The minimum Gasteiger partial charge on any atom is -0.481 e. The van der Waals surface area contributed by atoms with E-state index >= 15 is 0 Å². The lowest BCUT2D eigenvalue weighted by Gasteiger charge is -2.42. The fraction of sp³-hybridized carbons (Fsp3) is 0.579. The maximum atomic E-state index is 14.9. The molecule has 2 atom stereocenters. The van der Waals surface area contributed by atoms with Crippen LogP contribution < -0.4 is 0 Å². The van der Waals surface area contributed by atoms with Crippen LogP contribution in [0, 0.1) is 11.2 Å². The van der Waals surface area contributed by atoms with Crippen LogP contribution in [0.3, 0.4) is 0 Å². The summed E-state index contributed by atoms with van der Waals surface area (Å²) in [6, 6.07) is 2.77. The third-order valence-electron chi connectivity index (χ3n) is 5.63. The molecule has 2 fully saturated rings. The van der Waals surface area contributed by atoms with Gasteiger partial charge in [0, 0.05) is 10.6 Å². The van der Waals surface area contributed by atoms with Gasteiger partial charge in [-0.2, -0.15) is 0 Å². The maximum Gasteiger partial charge on any atom is 0.314 e. The maximum absolute atomic E-state index is 14.9. The van der Waals surface area contributed by atoms with Crippen LogP contribution in [0.4, 0.5) is 4.39 Å². The normalized spacial score (nSPS) is 29.4. The lowest BCUT2D eigenvalue weighted by molar-refractivity contribution is -0.156. The molecule has 1 aliphatic heterocycles. The summed E-state index contributed by atoms with van der Waals surface area (Å²) in [4.78, 5) is 24.1. The quantitative estimate of drug-likeness (QED) is 0.669. The second-order valence-electron chi connectivity index (χ2n) is 7.56. The molecule has 1 saturated heterocycles. The average molecular weight is 433 g/mol. The highest BCUT2D eigenvalue weighted by Gasteiger charge is 2.53. The molecule has 27 heavy (non-hydrogen) atoms. The summed E-state index contributed by atoms with van der Waals surface area (Å²) < 4.78 is 15.0. The molecule has 0 bridgehead atoms. The zero-order valence-corrected chi connectivity index (χ0v) is 17.4. The van der Waals surface area contributed by atoms with E-state index in [0.717, 1.165) is 23.5 Å². The first-order chi connectivity index (χ1) is 12.7. The lowest BCUT2D eigenvalue weighted by Crippen LogP contribution is -2.47. The van der Waals surface area contributed by atoms with Crippen molar-refractivity contribution in [3.05, 3.63) is 34.1 Å². The highest BCUT2D eigenvalue weighted by molar-refractivity contribution is 8.16. The molecule has 1 aromatic carbocycles. The van der Waals surface area contributed by atoms with Gasteiger partial charge >= 0.3 is 11.9 Å². The van der Waals surface area contributed by atoms with E-state index in [4.69, 9.17) is 11.6 Å². The van der Waals surface area contributed by atoms with Gasteiger partial charge in [0.05, 0.1) is 15.4 Å². The summed E-state index contributed by atoms with van der Waals surface area (Å²) in [7, 11) is 0. The molecule has 1 heterocycles. The summed E-state index contributed by atoms with van der Waals surface area (Å²) in [6.45, 7) is 1.55. The Bertz CT molecular complexity index is 768. The Morgan fingerprint density at radius 1 is 1.15 bits per heavy atom. The van der Waals surface area contributed by atoms with Crippen molar-refractivity contribution in [3.8, 4) is 0 Å². The van der Waals surface area contributed by atoms with Gasteiger partial charge in [0.2, 0.25) is 0 Å². The number of thioether (sulfide) groups is 2. The Balaban J connectivity index is 2.10. The van der Waals surface area contributed by atoms with E-state index in [-0.39, 0.29) is 23.0 Å². The molecule has 1 aromatic rings. The molecule has 4 nitrogen and oxygen atoms in total. The molecular weight excluding hydrogens is 411 g/mol. The van der Waals surface area contributed by atoms with Crippen molar-refractivity contribution in [1.29, 1.82) is 0 Å². The monoisotopic (exact) mass is 432 g/mol. The van der Waals surface area contributed by atoms with E-state index < -0.39 is 28.6 Å². The van der Waals surface area contributed by atoms with Crippen molar-refractivity contribution in [2.45, 2.75) is 49.0 Å². The summed E-state index contributed by atoms with van der Waals surface area (Å²) in [5.41, 5.74) is -1.96. The first-order valence-electron chi connectivity index (χ1n) is 8.89. The average Bonchev–Trinajstić information content (AvgIpc) is 2.62. The molecule has 3 rings (SSSR count). The molecule has 1 aliphatic carbocycles. The molecular formula is C19H22ClFO4S2. The zero-order valence-electron chi connectivity index (χ0n) is 15.0. The summed E-state index contributed by atoms with van der Waals surface area (Å²) >= 11 is 9.73. The van der Waals surface area contributed by atoms with Gasteiger partial charge in [0.15, 0.2) is 0 Å². The number of benzene rings is 1. The van der Waals surface area contributed by atoms with Crippen molar-refractivity contribution in [3.63, 3.8) is 0 Å². The highest BCUT2D eigenvalue weighted by atomic mass is 35.5. The van der Waals surface area contributed by atoms with Crippen molar-refractivity contribution < 1.29 is 24.2 Å². The number of hydrogen-bond donors (Lipinski definition) is 2. The van der Waals surface area contributed by atoms with Crippen molar-refractivity contribution in [2.75, 3.05) is 11.5 Å². The summed E-state index contributed by atoms with van der Waals surface area (Å²) in [6.07, 6.45) is 1.97. The fourth-order valence-electron chi connectivity index (χ4n) is 4.11. The molecule has 148 valence electrons. The van der Waals surface area contributed by atoms with Crippen LogP contribution in [-0.4, -0.2) is 33.7 Å². The van der Waals surface area contributed by atoms with E-state index in [9.17, 15) is 24.2 Å². The Labute approximate surface area is 171 Å². The zero-order chi connectivity index (χ0) is 19.8. The van der Waals surface area contributed by atoms with Crippen LogP contribution in [0.15, 0.2) is 12.1 Å². The second-order valence-corrected chi connectivity index (χ2v) is 10.7. The summed E-state index contributed by atoms with van der Waals surface area (Å²) in [5, 5.41) is 20.0. The largest absolute Gasteiger partial charge is 0.481 e. The topological polar surface area (TPSA) is 74.6 Å². The molecule has 0 radical (unpaired) electrons. The number of halogens is 2. The highest BCUT2D eigenvalue weighted by Crippen LogP contribution is 2.52. The van der Waals surface area contributed by atoms with E-state index in [2.05, 4.69) is 0 Å². The Kier molecular flexibility index (Phi) is 6.04. The van der Waals surface area contributed by atoms with Gasteiger partial charge in [0.25, 0.3) is 0 Å². The summed E-state index contributed by atoms with van der Waals surface area (Å²) in [5.74, 6) is -0.942. The van der Waals surface area contributed by atoms with Crippen LogP contribution >= 0.6 is 35.1 Å². The predicted octanol–water partition coefficient (Wildman–Crippen LogP) is 5.34. The fourth-order valence-corrected chi connectivity index (χ4v) is 7.45. The Morgan fingerprint density at radius 2 is 1.81 bits per heavy atom. The molecule has 0 spiro atoms. The Hall–Kier alpha value is -0.920. The molecule has 2 unspecified atom stereocenters. The second kappa shape index (κ2) is 7.84. The SMILES string of the molecule is CC1(C(=O)O)CCCC(C(=O)O)(c2cc(C3SCCCS3)c(Cl)cc2F)C1. The van der Waals surface area contributed by atoms with Crippen molar-refractivity contribution in [2.24, 2.45) is 5.41 Å². The van der Waals surface area contributed by atoms with Crippen LogP contribution in [-0.2, 0) is 15.0 Å². The first-order valence-corrected chi connectivity index (χ1v) is 11.4. The number of rotatable bonds is 4. The Morgan fingerprint density at radius 3 is 2.41 bits per heavy atom. The smallest absolute Gasteiger partial charge is 0.314 e. The van der Waals surface area contributed by atoms with Gasteiger partial charge < -0.3 is 10.2 Å². The number of hydrogen-bond acceptors (Lipinski definition) is 4. The molecule has 2 N–H and O–H groups in total. The minimum absolute atomic E-state index is 0.0332. The molecule has 0 aromatic heterocycles. The van der Waals surface area contributed by atoms with Gasteiger partial charge in [-0.3, -0.25) is 9.59 Å². The van der Waals surface area contributed by atoms with Crippen LogP contribution in [0.5, 0.6) is 0 Å². The van der Waals surface area contributed by atoms with Gasteiger partial charge in [-0.05, 0) is 61.8 Å². The van der Waals surface area contributed by atoms with Gasteiger partial charge in [0.1, 0.15) is 5.82 Å². The van der Waals surface area contributed by atoms with Crippen molar-refractivity contribution in [1.82, 2.24) is 0 Å². The number of carboxylic acid groups (broad SMARTS) is 2.